The highest BCUT2D eigenvalue weighted by Gasteiger charge is 2.14. The molecule has 0 saturated carbocycles. The van der Waals surface area contributed by atoms with Crippen LogP contribution in [0.15, 0.2) is 52.0 Å². The van der Waals surface area contributed by atoms with Gasteiger partial charge in [-0.05, 0) is 31.2 Å². The van der Waals surface area contributed by atoms with E-state index in [0.717, 1.165) is 10.7 Å². The molecule has 2 rings (SSSR count). The maximum absolute atomic E-state index is 12.1. The van der Waals surface area contributed by atoms with E-state index >= 15 is 0 Å². The number of para-hydroxylation sites is 1. The minimum Gasteiger partial charge on any atom is -0.463 e. The molecule has 1 aromatic carbocycles. The first-order valence-electron chi connectivity index (χ1n) is 7.23. The SMILES string of the molecule is C[C@@H]([NH2+]CC(=O)Nc1ccccc1SCC(N)=O)c1ccco1. The molecule has 1 aromatic heterocycles. The Bertz CT molecular complexity index is 658. The summed E-state index contributed by atoms with van der Waals surface area (Å²) in [7, 11) is 0. The smallest absolute Gasteiger partial charge is 0.279 e. The van der Waals surface area contributed by atoms with E-state index < -0.39 is 5.91 Å². The zero-order valence-corrected chi connectivity index (χ0v) is 13.6. The van der Waals surface area contributed by atoms with Crippen LogP contribution in [0.4, 0.5) is 5.69 Å². The number of hydrogen-bond donors (Lipinski definition) is 3. The molecule has 0 fully saturated rings. The first-order chi connectivity index (χ1) is 11.1. The molecular formula is C16H20N3O3S+. The maximum atomic E-state index is 12.1. The molecule has 0 bridgehead atoms. The van der Waals surface area contributed by atoms with Crippen molar-refractivity contribution in [2.45, 2.75) is 17.9 Å². The van der Waals surface area contributed by atoms with E-state index in [1.54, 1.807) is 12.3 Å². The highest BCUT2D eigenvalue weighted by atomic mass is 32.2. The monoisotopic (exact) mass is 334 g/mol. The van der Waals surface area contributed by atoms with Crippen molar-refractivity contribution >= 4 is 29.3 Å². The molecule has 7 heteroatoms. The standard InChI is InChI=1S/C16H19N3O3S/c1-11(13-6-4-8-22-13)18-9-16(21)19-12-5-2-3-7-14(12)23-10-15(17)20/h2-8,11,18H,9-10H2,1H3,(H2,17,20)(H,19,21)/p+1/t11-/m1/s1. The van der Waals surface area contributed by atoms with Gasteiger partial charge in [0.25, 0.3) is 5.91 Å². The van der Waals surface area contributed by atoms with Gasteiger partial charge in [0.2, 0.25) is 5.91 Å². The van der Waals surface area contributed by atoms with Gasteiger partial charge in [0.05, 0.1) is 17.7 Å². The molecule has 1 heterocycles. The minimum absolute atomic E-state index is 0.0650. The van der Waals surface area contributed by atoms with Crippen molar-refractivity contribution in [2.24, 2.45) is 5.73 Å². The van der Waals surface area contributed by atoms with Crippen LogP contribution in [-0.2, 0) is 9.59 Å². The van der Waals surface area contributed by atoms with Crippen molar-refractivity contribution in [3.8, 4) is 0 Å². The van der Waals surface area contributed by atoms with Crippen molar-refractivity contribution in [3.63, 3.8) is 0 Å². The second-order valence-corrected chi connectivity index (χ2v) is 6.06. The van der Waals surface area contributed by atoms with Crippen LogP contribution in [0.1, 0.15) is 18.7 Å². The van der Waals surface area contributed by atoms with E-state index in [0.29, 0.717) is 5.69 Å². The molecule has 122 valence electrons. The predicted octanol–water partition coefficient (Wildman–Crippen LogP) is 1.12. The minimum atomic E-state index is -0.392. The van der Waals surface area contributed by atoms with Crippen molar-refractivity contribution < 1.29 is 19.3 Å². The Balaban J connectivity index is 1.88. The normalized spacial score (nSPS) is 11.9. The number of thioether (sulfide) groups is 1. The van der Waals surface area contributed by atoms with Crippen LogP contribution in [0.25, 0.3) is 0 Å². The quantitative estimate of drug-likeness (QED) is 0.630. The maximum Gasteiger partial charge on any atom is 0.279 e. The molecule has 2 aromatic rings. The molecule has 0 saturated heterocycles. The average Bonchev–Trinajstić information content (AvgIpc) is 3.06. The van der Waals surface area contributed by atoms with Gasteiger partial charge in [0, 0.05) is 4.90 Å². The largest absolute Gasteiger partial charge is 0.463 e. The van der Waals surface area contributed by atoms with Crippen LogP contribution >= 0.6 is 11.8 Å². The van der Waals surface area contributed by atoms with Gasteiger partial charge in [-0.3, -0.25) is 9.59 Å². The summed E-state index contributed by atoms with van der Waals surface area (Å²) in [6, 6.07) is 11.1. The van der Waals surface area contributed by atoms with Crippen LogP contribution in [0.5, 0.6) is 0 Å². The first-order valence-corrected chi connectivity index (χ1v) is 8.21. The number of hydrogen-bond acceptors (Lipinski definition) is 4. The molecule has 0 spiro atoms. The molecule has 2 amide bonds. The van der Waals surface area contributed by atoms with Gasteiger partial charge in [-0.2, -0.15) is 0 Å². The van der Waals surface area contributed by atoms with Crippen LogP contribution in [-0.4, -0.2) is 24.1 Å². The fourth-order valence-corrected chi connectivity index (χ4v) is 2.74. The van der Waals surface area contributed by atoms with E-state index in [1.807, 2.05) is 42.6 Å². The molecule has 0 aliphatic heterocycles. The highest BCUT2D eigenvalue weighted by Crippen LogP contribution is 2.26. The topological polar surface area (TPSA) is 102 Å². The number of benzene rings is 1. The Morgan fingerprint density at radius 3 is 2.78 bits per heavy atom. The third-order valence-corrected chi connectivity index (χ3v) is 4.28. The van der Waals surface area contributed by atoms with Gasteiger partial charge in [0.15, 0.2) is 12.3 Å². The number of carbonyl (C=O) groups excluding carboxylic acids is 2. The van der Waals surface area contributed by atoms with Crippen molar-refractivity contribution in [1.29, 1.82) is 0 Å². The van der Waals surface area contributed by atoms with Gasteiger partial charge >= 0.3 is 0 Å². The molecule has 0 radical (unpaired) electrons. The molecule has 23 heavy (non-hydrogen) atoms. The molecule has 0 unspecified atom stereocenters. The molecule has 6 nitrogen and oxygen atoms in total. The lowest BCUT2D eigenvalue weighted by Crippen LogP contribution is -2.86. The van der Waals surface area contributed by atoms with Crippen LogP contribution in [0, 0.1) is 0 Å². The lowest BCUT2D eigenvalue weighted by Gasteiger charge is -2.11. The van der Waals surface area contributed by atoms with E-state index in [2.05, 4.69) is 5.32 Å². The summed E-state index contributed by atoms with van der Waals surface area (Å²) in [5.41, 5.74) is 5.84. The number of nitrogens with one attached hydrogen (secondary N) is 1. The van der Waals surface area contributed by atoms with E-state index in [4.69, 9.17) is 10.2 Å². The van der Waals surface area contributed by atoms with Gasteiger partial charge in [0.1, 0.15) is 6.04 Å². The van der Waals surface area contributed by atoms with E-state index in [-0.39, 0.29) is 24.2 Å². The van der Waals surface area contributed by atoms with Crippen LogP contribution in [0.3, 0.4) is 0 Å². The summed E-state index contributed by atoms with van der Waals surface area (Å²) < 4.78 is 5.31. The van der Waals surface area contributed by atoms with Crippen LogP contribution in [0.2, 0.25) is 0 Å². The number of quaternary nitrogens is 1. The third kappa shape index (κ3) is 5.46. The van der Waals surface area contributed by atoms with Crippen molar-refractivity contribution in [3.05, 3.63) is 48.4 Å². The van der Waals surface area contributed by atoms with Crippen LogP contribution < -0.4 is 16.4 Å². The van der Waals surface area contributed by atoms with Crippen molar-refractivity contribution in [2.75, 3.05) is 17.6 Å². The summed E-state index contributed by atoms with van der Waals surface area (Å²) >= 11 is 1.31. The number of carbonyl (C=O) groups is 2. The Morgan fingerprint density at radius 1 is 1.30 bits per heavy atom. The fraction of sp³-hybridized carbons (Fsp3) is 0.250. The van der Waals surface area contributed by atoms with Gasteiger partial charge < -0.3 is 20.8 Å². The number of nitrogens with two attached hydrogens (primary N) is 2. The summed E-state index contributed by atoms with van der Waals surface area (Å²) in [5, 5.41) is 4.76. The number of furan rings is 1. The second kappa shape index (κ2) is 8.40. The Morgan fingerprint density at radius 2 is 2.09 bits per heavy atom. The zero-order valence-electron chi connectivity index (χ0n) is 12.8. The molecule has 0 aliphatic rings. The summed E-state index contributed by atoms with van der Waals surface area (Å²) in [4.78, 5) is 23.8. The van der Waals surface area contributed by atoms with Crippen molar-refractivity contribution in [1.82, 2.24) is 0 Å². The number of anilines is 1. The van der Waals surface area contributed by atoms with Gasteiger partial charge in [-0.15, -0.1) is 11.8 Å². The van der Waals surface area contributed by atoms with Gasteiger partial charge in [-0.1, -0.05) is 12.1 Å². The number of primary amides is 1. The summed E-state index contributed by atoms with van der Waals surface area (Å²) in [6.45, 7) is 2.25. The second-order valence-electron chi connectivity index (χ2n) is 5.04. The molecule has 1 atom stereocenters. The summed E-state index contributed by atoms with van der Waals surface area (Å²) in [6.07, 6.45) is 1.62. The zero-order chi connectivity index (χ0) is 16.7. The highest BCUT2D eigenvalue weighted by molar-refractivity contribution is 8.00. The number of rotatable bonds is 8. The predicted molar refractivity (Wildman–Crippen MR) is 88.9 cm³/mol. The molecule has 5 N–H and O–H groups in total. The number of amides is 2. The lowest BCUT2D eigenvalue weighted by atomic mass is 10.2. The molecular weight excluding hydrogens is 314 g/mol. The fourth-order valence-electron chi connectivity index (χ4n) is 2.00. The van der Waals surface area contributed by atoms with E-state index in [1.165, 1.54) is 11.8 Å². The molecule has 0 aliphatic carbocycles. The summed E-state index contributed by atoms with van der Waals surface area (Å²) in [5.74, 6) is 0.497. The van der Waals surface area contributed by atoms with Gasteiger partial charge in [-0.25, -0.2) is 0 Å². The Labute approximate surface area is 138 Å². The van der Waals surface area contributed by atoms with E-state index in [9.17, 15) is 9.59 Å². The lowest BCUT2D eigenvalue weighted by molar-refractivity contribution is -0.684. The Kier molecular flexibility index (Phi) is 6.25. The third-order valence-electron chi connectivity index (χ3n) is 3.18. The first kappa shape index (κ1) is 17.1. The Hall–Kier alpha value is -2.25. The average molecular weight is 334 g/mol.